The highest BCUT2D eigenvalue weighted by Crippen LogP contribution is 2.28. The zero-order chi connectivity index (χ0) is 15.0. The number of hydrogen-bond acceptors (Lipinski definition) is 4. The first-order chi connectivity index (χ1) is 9.32. The molecule has 0 aliphatic carbocycles. The van der Waals surface area contributed by atoms with E-state index in [-0.39, 0.29) is 11.4 Å². The van der Waals surface area contributed by atoms with Crippen LogP contribution < -0.4 is 5.32 Å². The number of rotatable bonds is 2. The van der Waals surface area contributed by atoms with Gasteiger partial charge in [0, 0.05) is 13.1 Å². The molecule has 0 bridgehead atoms. The Kier molecular flexibility index (Phi) is 3.27. The molecule has 7 heteroatoms. The van der Waals surface area contributed by atoms with Gasteiger partial charge in [0.25, 0.3) is 11.6 Å². The summed E-state index contributed by atoms with van der Waals surface area (Å²) in [5, 5.41) is 13.2. The lowest BCUT2D eigenvalue weighted by atomic mass is 10.0. The van der Waals surface area contributed by atoms with Crippen LogP contribution in [0.2, 0.25) is 0 Å². The Bertz CT molecular complexity index is 664. The molecule has 20 heavy (non-hydrogen) atoms. The Morgan fingerprint density at radius 2 is 1.95 bits per heavy atom. The topological polar surface area (TPSA) is 92.5 Å². The van der Waals surface area contributed by atoms with Crippen LogP contribution in [0.3, 0.4) is 0 Å². The molecule has 1 aromatic rings. The number of imide groups is 1. The molecular formula is C13H13N3O4. The fourth-order valence-corrected chi connectivity index (χ4v) is 1.97. The van der Waals surface area contributed by atoms with Gasteiger partial charge in [-0.2, -0.15) is 0 Å². The van der Waals surface area contributed by atoms with E-state index in [1.165, 1.54) is 19.2 Å². The Hall–Kier alpha value is -2.70. The maximum absolute atomic E-state index is 11.7. The van der Waals surface area contributed by atoms with E-state index >= 15 is 0 Å². The third kappa shape index (κ3) is 2.13. The van der Waals surface area contributed by atoms with Gasteiger partial charge in [0.1, 0.15) is 5.70 Å². The fraction of sp³-hybridized carbons (Fsp3) is 0.231. The molecule has 2 rings (SSSR count). The van der Waals surface area contributed by atoms with Crippen molar-refractivity contribution in [2.75, 3.05) is 7.05 Å². The first-order valence-corrected chi connectivity index (χ1v) is 5.88. The van der Waals surface area contributed by atoms with Crippen LogP contribution in [0.4, 0.5) is 10.5 Å². The molecule has 0 unspecified atom stereocenters. The molecule has 3 amide bonds. The highest BCUT2D eigenvalue weighted by atomic mass is 16.6. The molecular weight excluding hydrogens is 262 g/mol. The minimum absolute atomic E-state index is 0.0896. The van der Waals surface area contributed by atoms with Crippen molar-refractivity contribution in [2.24, 2.45) is 0 Å². The van der Waals surface area contributed by atoms with Crippen molar-refractivity contribution in [1.82, 2.24) is 10.2 Å². The maximum Gasteiger partial charge on any atom is 0.328 e. The average molecular weight is 275 g/mol. The predicted octanol–water partition coefficient (Wildman–Crippen LogP) is 1.73. The number of nitrogens with zero attached hydrogens (tertiary/aromatic N) is 2. The van der Waals surface area contributed by atoms with Gasteiger partial charge >= 0.3 is 6.03 Å². The second kappa shape index (κ2) is 4.76. The number of nitro benzene ring substituents is 1. The molecule has 1 aliphatic heterocycles. The van der Waals surface area contributed by atoms with Crippen molar-refractivity contribution in [3.05, 3.63) is 44.6 Å². The Labute approximate surface area is 115 Å². The smallest absolute Gasteiger partial charge is 0.292 e. The lowest BCUT2D eigenvalue weighted by Gasteiger charge is -2.09. The number of aryl methyl sites for hydroxylation is 1. The first kappa shape index (κ1) is 13.7. The lowest BCUT2D eigenvalue weighted by molar-refractivity contribution is -0.385. The number of nitrogens with one attached hydrogen (secondary N) is 1. The van der Waals surface area contributed by atoms with E-state index in [1.807, 2.05) is 6.92 Å². The third-order valence-electron chi connectivity index (χ3n) is 3.36. The maximum atomic E-state index is 11.7. The van der Waals surface area contributed by atoms with Crippen molar-refractivity contribution in [1.29, 1.82) is 0 Å². The van der Waals surface area contributed by atoms with Crippen molar-refractivity contribution < 1.29 is 14.5 Å². The van der Waals surface area contributed by atoms with E-state index < -0.39 is 16.9 Å². The number of carbonyl (C=O) groups is 2. The molecule has 1 fully saturated rings. The van der Waals surface area contributed by atoms with Gasteiger partial charge in [0.15, 0.2) is 0 Å². The number of amides is 3. The van der Waals surface area contributed by atoms with Gasteiger partial charge in [-0.25, -0.2) is 4.79 Å². The van der Waals surface area contributed by atoms with E-state index in [1.54, 1.807) is 13.0 Å². The summed E-state index contributed by atoms with van der Waals surface area (Å²) in [6, 6.07) is 2.50. The summed E-state index contributed by atoms with van der Waals surface area (Å²) in [7, 11) is 1.43. The average Bonchev–Trinajstić information content (AvgIpc) is 2.61. The highest BCUT2D eigenvalue weighted by molar-refractivity contribution is 6.14. The number of nitro groups is 1. The summed E-state index contributed by atoms with van der Waals surface area (Å²) < 4.78 is 0. The minimum atomic E-state index is -0.562. The lowest BCUT2D eigenvalue weighted by Crippen LogP contribution is -2.24. The molecule has 0 atom stereocenters. The largest absolute Gasteiger partial charge is 0.328 e. The molecule has 7 nitrogen and oxygen atoms in total. The number of urea groups is 1. The minimum Gasteiger partial charge on any atom is -0.292 e. The van der Waals surface area contributed by atoms with Gasteiger partial charge in [-0.3, -0.25) is 25.1 Å². The molecule has 0 radical (unpaired) electrons. The summed E-state index contributed by atoms with van der Waals surface area (Å²) in [6.45, 7) is 3.56. The molecule has 0 aromatic heterocycles. The molecule has 104 valence electrons. The van der Waals surface area contributed by atoms with E-state index in [0.717, 1.165) is 10.5 Å². The molecule has 1 aliphatic rings. The number of benzene rings is 1. The van der Waals surface area contributed by atoms with Crippen molar-refractivity contribution >= 4 is 23.7 Å². The quantitative estimate of drug-likeness (QED) is 0.385. The van der Waals surface area contributed by atoms with Crippen LogP contribution in [-0.2, 0) is 4.79 Å². The molecule has 1 aromatic carbocycles. The van der Waals surface area contributed by atoms with Gasteiger partial charge in [-0.05, 0) is 31.1 Å². The Morgan fingerprint density at radius 3 is 2.45 bits per heavy atom. The zero-order valence-corrected chi connectivity index (χ0v) is 11.3. The van der Waals surface area contributed by atoms with Crippen molar-refractivity contribution in [2.45, 2.75) is 13.8 Å². The Balaban J connectivity index is 2.64. The summed E-state index contributed by atoms with van der Waals surface area (Å²) in [5.41, 5.74) is 1.90. The number of likely N-dealkylation sites (N-methyl/N-ethyl adjacent to an activating group) is 1. The standard InChI is InChI=1S/C13H13N3O4/c1-7-4-5-10(16(19)20)9(8(7)2)6-11-12(17)14-13(18)15(11)3/h4-6H,1-3H3,(H,14,17,18). The molecule has 1 heterocycles. The van der Waals surface area contributed by atoms with Gasteiger partial charge in [-0.15, -0.1) is 0 Å². The molecule has 0 spiro atoms. The van der Waals surface area contributed by atoms with Gasteiger partial charge in [-0.1, -0.05) is 6.07 Å². The van der Waals surface area contributed by atoms with Crippen LogP contribution in [0.1, 0.15) is 16.7 Å². The summed E-state index contributed by atoms with van der Waals surface area (Å²) in [6.07, 6.45) is 1.38. The van der Waals surface area contributed by atoms with Gasteiger partial charge in [0.2, 0.25) is 0 Å². The normalized spacial score (nSPS) is 16.8. The van der Waals surface area contributed by atoms with Crippen LogP contribution >= 0.6 is 0 Å². The van der Waals surface area contributed by atoms with Crippen molar-refractivity contribution in [3.8, 4) is 0 Å². The SMILES string of the molecule is Cc1ccc([N+](=O)[O-])c(C=C2C(=O)NC(=O)N2C)c1C. The zero-order valence-electron chi connectivity index (χ0n) is 11.3. The highest BCUT2D eigenvalue weighted by Gasteiger charge is 2.31. The number of hydrogen-bond donors (Lipinski definition) is 1. The van der Waals surface area contributed by atoms with Crippen LogP contribution in [0.5, 0.6) is 0 Å². The fourth-order valence-electron chi connectivity index (χ4n) is 1.97. The van der Waals surface area contributed by atoms with Crippen LogP contribution in [0.15, 0.2) is 17.8 Å². The first-order valence-electron chi connectivity index (χ1n) is 5.88. The van der Waals surface area contributed by atoms with Crippen LogP contribution in [-0.4, -0.2) is 28.8 Å². The van der Waals surface area contributed by atoms with Gasteiger partial charge < -0.3 is 0 Å². The van der Waals surface area contributed by atoms with E-state index in [9.17, 15) is 19.7 Å². The molecule has 0 saturated carbocycles. The van der Waals surface area contributed by atoms with E-state index in [4.69, 9.17) is 0 Å². The van der Waals surface area contributed by atoms with Crippen molar-refractivity contribution in [3.63, 3.8) is 0 Å². The predicted molar refractivity (Wildman–Crippen MR) is 71.8 cm³/mol. The van der Waals surface area contributed by atoms with Crippen LogP contribution in [0, 0.1) is 24.0 Å². The summed E-state index contributed by atoms with van der Waals surface area (Å²) in [5.74, 6) is -0.562. The summed E-state index contributed by atoms with van der Waals surface area (Å²) >= 11 is 0. The summed E-state index contributed by atoms with van der Waals surface area (Å²) in [4.78, 5) is 34.7. The molecule has 1 saturated heterocycles. The second-order valence-corrected chi connectivity index (χ2v) is 4.55. The third-order valence-corrected chi connectivity index (χ3v) is 3.36. The monoisotopic (exact) mass is 275 g/mol. The van der Waals surface area contributed by atoms with Crippen LogP contribution in [0.25, 0.3) is 6.08 Å². The van der Waals surface area contributed by atoms with E-state index in [0.29, 0.717) is 11.1 Å². The Morgan fingerprint density at radius 1 is 1.30 bits per heavy atom. The number of carbonyl (C=O) groups excluding carboxylic acids is 2. The molecule has 1 N–H and O–H groups in total. The van der Waals surface area contributed by atoms with E-state index in [2.05, 4.69) is 5.32 Å². The second-order valence-electron chi connectivity index (χ2n) is 4.55. The van der Waals surface area contributed by atoms with Gasteiger partial charge in [0.05, 0.1) is 10.5 Å².